The first kappa shape index (κ1) is 15.9. The van der Waals surface area contributed by atoms with Crippen LogP contribution in [0.3, 0.4) is 0 Å². The Morgan fingerprint density at radius 3 is 2.64 bits per heavy atom. The van der Waals surface area contributed by atoms with E-state index in [0.29, 0.717) is 17.6 Å². The lowest BCUT2D eigenvalue weighted by atomic mass is 9.59. The minimum absolute atomic E-state index is 0.143. The Balaban J connectivity index is 1.65. The molecule has 0 N–H and O–H groups in total. The monoisotopic (exact) mass is 322 g/mol. The van der Waals surface area contributed by atoms with Gasteiger partial charge in [-0.15, -0.1) is 0 Å². The number of hydrogen-bond donors (Lipinski definition) is 0. The van der Waals surface area contributed by atoms with E-state index in [4.69, 9.17) is 0 Å². The highest BCUT2D eigenvalue weighted by atomic mass is 32.2. The quantitative estimate of drug-likeness (QED) is 0.836. The molecule has 0 aliphatic heterocycles. The molecule has 0 amide bonds. The van der Waals surface area contributed by atoms with Crippen molar-refractivity contribution in [3.63, 3.8) is 0 Å². The smallest absolute Gasteiger partial charge is 0.214 e. The maximum Gasteiger partial charge on any atom is 0.214 e. The maximum atomic E-state index is 12.7. The van der Waals surface area contributed by atoms with Gasteiger partial charge in [0.1, 0.15) is 0 Å². The number of sulfonamides is 1. The minimum Gasteiger partial charge on any atom is -0.265 e. The summed E-state index contributed by atoms with van der Waals surface area (Å²) in [7, 11) is -1.50. The molecule has 2 saturated carbocycles. The molecule has 0 bridgehead atoms. The van der Waals surface area contributed by atoms with E-state index in [1.54, 1.807) is 23.7 Å². The molecular formula is C17H26N2O2S. The molecule has 4 atom stereocenters. The summed E-state index contributed by atoms with van der Waals surface area (Å²) < 4.78 is 27.0. The number of aromatic nitrogens is 1. The molecule has 0 saturated heterocycles. The Morgan fingerprint density at radius 2 is 1.95 bits per heavy atom. The van der Waals surface area contributed by atoms with Crippen molar-refractivity contribution >= 4 is 10.0 Å². The Kier molecular flexibility index (Phi) is 4.55. The van der Waals surface area contributed by atoms with Crippen LogP contribution >= 0.6 is 0 Å². The van der Waals surface area contributed by atoms with E-state index in [-0.39, 0.29) is 6.04 Å². The summed E-state index contributed by atoms with van der Waals surface area (Å²) in [6, 6.07) is 3.63. The van der Waals surface area contributed by atoms with Gasteiger partial charge in [-0.3, -0.25) is 4.98 Å². The van der Waals surface area contributed by atoms with Gasteiger partial charge in [-0.2, -0.15) is 4.31 Å². The first-order chi connectivity index (χ1) is 10.5. The molecule has 122 valence electrons. The molecule has 1 aromatic heterocycles. The zero-order valence-corrected chi connectivity index (χ0v) is 14.3. The van der Waals surface area contributed by atoms with E-state index in [0.717, 1.165) is 17.9 Å². The molecule has 2 aliphatic rings. The van der Waals surface area contributed by atoms with Gasteiger partial charge in [0.15, 0.2) is 0 Å². The Labute approximate surface area is 134 Å². The molecule has 2 aliphatic carbocycles. The van der Waals surface area contributed by atoms with E-state index in [1.807, 2.05) is 19.1 Å². The number of pyridine rings is 1. The highest BCUT2D eigenvalue weighted by molar-refractivity contribution is 7.89. The van der Waals surface area contributed by atoms with Crippen molar-refractivity contribution in [3.8, 4) is 0 Å². The van der Waals surface area contributed by atoms with Crippen LogP contribution in [-0.4, -0.2) is 30.5 Å². The van der Waals surface area contributed by atoms with Gasteiger partial charge in [0.2, 0.25) is 10.0 Å². The summed E-state index contributed by atoms with van der Waals surface area (Å²) in [6.45, 7) is 1.94. The zero-order valence-electron chi connectivity index (χ0n) is 13.5. The van der Waals surface area contributed by atoms with Crippen molar-refractivity contribution in [2.75, 3.05) is 12.8 Å². The van der Waals surface area contributed by atoms with Crippen LogP contribution < -0.4 is 0 Å². The molecule has 22 heavy (non-hydrogen) atoms. The minimum atomic E-state index is -3.21. The third kappa shape index (κ3) is 3.06. The topological polar surface area (TPSA) is 50.3 Å². The number of rotatable bonds is 5. The number of nitrogens with zero attached hydrogens (tertiary/aromatic N) is 2. The summed E-state index contributed by atoms with van der Waals surface area (Å²) in [5.41, 5.74) is 0.991. The lowest BCUT2D eigenvalue weighted by molar-refractivity contribution is 0.0433. The fraction of sp³-hybridized carbons (Fsp3) is 0.706. The van der Waals surface area contributed by atoms with E-state index < -0.39 is 10.0 Å². The predicted molar refractivity (Wildman–Crippen MR) is 87.8 cm³/mol. The average Bonchev–Trinajstić information content (AvgIpc) is 2.52. The van der Waals surface area contributed by atoms with Gasteiger partial charge >= 0.3 is 0 Å². The van der Waals surface area contributed by atoms with Crippen molar-refractivity contribution in [1.29, 1.82) is 0 Å². The average molecular weight is 322 g/mol. The second kappa shape index (κ2) is 6.28. The second-order valence-electron chi connectivity index (χ2n) is 6.96. The molecule has 5 heteroatoms. The number of hydrogen-bond acceptors (Lipinski definition) is 3. The van der Waals surface area contributed by atoms with Crippen LogP contribution in [-0.2, 0) is 10.0 Å². The Bertz CT molecular complexity index is 602. The van der Waals surface area contributed by atoms with Crippen molar-refractivity contribution < 1.29 is 8.42 Å². The highest BCUT2D eigenvalue weighted by Gasteiger charge is 2.44. The second-order valence-corrected chi connectivity index (χ2v) is 9.03. The lowest BCUT2D eigenvalue weighted by Crippen LogP contribution is -2.45. The van der Waals surface area contributed by atoms with E-state index in [1.165, 1.54) is 25.7 Å². The fourth-order valence-electron chi connectivity index (χ4n) is 4.19. The molecule has 3 rings (SSSR count). The lowest BCUT2D eigenvalue weighted by Gasteiger charge is -2.48. The molecule has 2 fully saturated rings. The third-order valence-electron chi connectivity index (χ3n) is 5.78. The molecule has 1 unspecified atom stereocenters. The van der Waals surface area contributed by atoms with Crippen LogP contribution in [0.25, 0.3) is 0 Å². The Morgan fingerprint density at radius 1 is 1.27 bits per heavy atom. The predicted octanol–water partition coefficient (Wildman–Crippen LogP) is 3.23. The van der Waals surface area contributed by atoms with Crippen LogP contribution in [0.2, 0.25) is 0 Å². The van der Waals surface area contributed by atoms with Crippen molar-refractivity contribution in [1.82, 2.24) is 9.29 Å². The fourth-order valence-corrected chi connectivity index (χ4v) is 5.95. The molecular weight excluding hydrogens is 296 g/mol. The summed E-state index contributed by atoms with van der Waals surface area (Å²) in [5, 5.41) is 0. The van der Waals surface area contributed by atoms with Crippen LogP contribution in [0.1, 0.15) is 50.6 Å². The first-order valence-corrected chi connectivity index (χ1v) is 9.95. The normalized spacial score (nSPS) is 29.7. The molecule has 0 radical (unpaired) electrons. The zero-order chi connectivity index (χ0) is 15.7. The van der Waals surface area contributed by atoms with E-state index in [9.17, 15) is 8.42 Å². The SMILES string of the molecule is CC(c1ccncc1)N(C)S(=O)(=O)C[C@@H]1C[C@@H]2CCCC[C@@H]21. The summed E-state index contributed by atoms with van der Waals surface area (Å²) in [6.07, 6.45) is 9.69. The maximum absolute atomic E-state index is 12.7. The first-order valence-electron chi connectivity index (χ1n) is 8.34. The van der Waals surface area contributed by atoms with Gasteiger partial charge < -0.3 is 0 Å². The standard InChI is InChI=1S/C17H26N2O2S/c1-13(14-7-9-18-10-8-14)19(2)22(20,21)12-16-11-15-5-3-4-6-17(15)16/h7-10,13,15-17H,3-6,11-12H2,1-2H3/t13?,15-,16-,17-/m0/s1. The summed E-state index contributed by atoms with van der Waals surface area (Å²) >= 11 is 0. The van der Waals surface area contributed by atoms with Crippen LogP contribution in [0.5, 0.6) is 0 Å². The molecule has 0 aromatic carbocycles. The number of fused-ring (bicyclic) bond motifs is 1. The molecule has 1 aromatic rings. The van der Waals surface area contributed by atoms with Gasteiger partial charge in [0.25, 0.3) is 0 Å². The van der Waals surface area contributed by atoms with E-state index in [2.05, 4.69) is 4.98 Å². The van der Waals surface area contributed by atoms with Crippen LogP contribution in [0.15, 0.2) is 24.5 Å². The van der Waals surface area contributed by atoms with Gasteiger partial charge in [0.05, 0.1) is 5.75 Å². The van der Waals surface area contributed by atoms with Crippen molar-refractivity contribution in [2.24, 2.45) is 17.8 Å². The Hall–Kier alpha value is -0.940. The van der Waals surface area contributed by atoms with Crippen LogP contribution in [0, 0.1) is 17.8 Å². The summed E-state index contributed by atoms with van der Waals surface area (Å²) in [4.78, 5) is 4.00. The largest absolute Gasteiger partial charge is 0.265 e. The van der Waals surface area contributed by atoms with Crippen molar-refractivity contribution in [3.05, 3.63) is 30.1 Å². The van der Waals surface area contributed by atoms with Gasteiger partial charge in [-0.05, 0) is 55.2 Å². The van der Waals surface area contributed by atoms with Crippen LogP contribution in [0.4, 0.5) is 0 Å². The molecule has 0 spiro atoms. The molecule has 1 heterocycles. The van der Waals surface area contributed by atoms with E-state index >= 15 is 0 Å². The summed E-state index contributed by atoms with van der Waals surface area (Å²) in [5.74, 6) is 2.16. The third-order valence-corrected chi connectivity index (χ3v) is 7.82. The van der Waals surface area contributed by atoms with Gasteiger partial charge in [-0.1, -0.05) is 19.3 Å². The van der Waals surface area contributed by atoms with Gasteiger partial charge in [-0.25, -0.2) is 8.42 Å². The highest BCUT2D eigenvalue weighted by Crippen LogP contribution is 2.49. The van der Waals surface area contributed by atoms with Crippen molar-refractivity contribution in [2.45, 2.75) is 45.1 Å². The molecule has 4 nitrogen and oxygen atoms in total. The van der Waals surface area contributed by atoms with Gasteiger partial charge in [0, 0.05) is 25.5 Å².